The van der Waals surface area contributed by atoms with Crippen molar-refractivity contribution in [1.82, 2.24) is 4.98 Å². The molecule has 1 heterocycles. The highest BCUT2D eigenvalue weighted by Crippen LogP contribution is 2.29. The van der Waals surface area contributed by atoms with Gasteiger partial charge in [0.05, 0.1) is 5.56 Å². The van der Waals surface area contributed by atoms with Crippen molar-refractivity contribution in [3.8, 4) is 0 Å². The number of hydrogen-bond acceptors (Lipinski definition) is 3. The first kappa shape index (κ1) is 11.2. The van der Waals surface area contributed by atoms with Gasteiger partial charge in [0.25, 0.3) is 6.43 Å². The van der Waals surface area contributed by atoms with Gasteiger partial charge < -0.3 is 10.1 Å². The van der Waals surface area contributed by atoms with E-state index >= 15 is 0 Å². The second-order valence-corrected chi connectivity index (χ2v) is 3.61. The fourth-order valence-corrected chi connectivity index (χ4v) is 1.57. The maximum atomic E-state index is 12.3. The monoisotopic (exact) mass is 314 g/mol. The molecule has 0 N–H and O–H groups in total. The van der Waals surface area contributed by atoms with E-state index in [0.29, 0.717) is 0 Å². The van der Waals surface area contributed by atoms with Crippen LogP contribution in [0.2, 0.25) is 0 Å². The molecule has 0 amide bonds. The zero-order valence-electron chi connectivity index (χ0n) is 7.00. The van der Waals surface area contributed by atoms with Gasteiger partial charge in [0.15, 0.2) is 0 Å². The van der Waals surface area contributed by atoms with E-state index in [0.717, 1.165) is 6.20 Å². The quantitative estimate of drug-likeness (QED) is 0.479. The Labute approximate surface area is 91.6 Å². The summed E-state index contributed by atoms with van der Waals surface area (Å²) >= 11 is 1.64. The first-order chi connectivity index (χ1) is 6.45. The summed E-state index contributed by atoms with van der Waals surface area (Å²) in [6.07, 6.45) is -1.81. The number of pyridine rings is 1. The topological polar surface area (TPSA) is 56.0 Å². The SMILES string of the molecule is Cc1c(C(F)F)cnc([N+](=O)[O-])c1I. The van der Waals surface area contributed by atoms with Crippen LogP contribution >= 0.6 is 22.6 Å². The van der Waals surface area contributed by atoms with Crippen molar-refractivity contribution in [1.29, 1.82) is 0 Å². The maximum Gasteiger partial charge on any atom is 0.377 e. The third kappa shape index (κ3) is 1.97. The van der Waals surface area contributed by atoms with Crippen LogP contribution in [-0.2, 0) is 0 Å². The standard InChI is InChI=1S/C7H5F2IN2O2/c1-3-4(6(8)9)2-11-7(5(3)10)12(13)14/h2,6H,1H3. The van der Waals surface area contributed by atoms with Gasteiger partial charge in [-0.15, -0.1) is 0 Å². The predicted octanol–water partition coefficient (Wildman–Crippen LogP) is 2.84. The molecule has 0 atom stereocenters. The molecule has 0 unspecified atom stereocenters. The van der Waals surface area contributed by atoms with Crippen LogP contribution in [0, 0.1) is 20.6 Å². The molecule has 1 rings (SSSR count). The lowest BCUT2D eigenvalue weighted by atomic mass is 10.1. The summed E-state index contributed by atoms with van der Waals surface area (Å²) in [5.41, 5.74) is -0.0534. The summed E-state index contributed by atoms with van der Waals surface area (Å²) < 4.78 is 24.8. The summed E-state index contributed by atoms with van der Waals surface area (Å²) in [6, 6.07) is 0. The number of rotatable bonds is 2. The summed E-state index contributed by atoms with van der Waals surface area (Å²) in [4.78, 5) is 13.1. The van der Waals surface area contributed by atoms with Crippen molar-refractivity contribution >= 4 is 28.4 Å². The Balaban J connectivity index is 3.33. The van der Waals surface area contributed by atoms with Crippen LogP contribution in [0.3, 0.4) is 0 Å². The lowest BCUT2D eigenvalue weighted by Gasteiger charge is -2.04. The average molecular weight is 314 g/mol. The van der Waals surface area contributed by atoms with Crippen LogP contribution < -0.4 is 0 Å². The average Bonchev–Trinajstić information content (AvgIpc) is 2.08. The fraction of sp³-hybridized carbons (Fsp3) is 0.286. The van der Waals surface area contributed by atoms with E-state index in [1.165, 1.54) is 6.92 Å². The highest BCUT2D eigenvalue weighted by molar-refractivity contribution is 14.1. The smallest absolute Gasteiger partial charge is 0.358 e. The van der Waals surface area contributed by atoms with E-state index in [1.54, 1.807) is 22.6 Å². The zero-order chi connectivity index (χ0) is 10.9. The molecular weight excluding hydrogens is 309 g/mol. The molecule has 0 saturated carbocycles. The van der Waals surface area contributed by atoms with Crippen LogP contribution in [0.4, 0.5) is 14.6 Å². The molecule has 76 valence electrons. The number of aromatic nitrogens is 1. The molecule has 0 radical (unpaired) electrons. The summed E-state index contributed by atoms with van der Waals surface area (Å²) in [5, 5.41) is 10.4. The third-order valence-electron chi connectivity index (χ3n) is 1.69. The van der Waals surface area contributed by atoms with Gasteiger partial charge in [-0.3, -0.25) is 0 Å². The van der Waals surface area contributed by atoms with Gasteiger partial charge in [-0.1, -0.05) is 0 Å². The summed E-state index contributed by atoms with van der Waals surface area (Å²) in [7, 11) is 0. The maximum absolute atomic E-state index is 12.3. The van der Waals surface area contributed by atoms with Gasteiger partial charge >= 0.3 is 5.82 Å². The van der Waals surface area contributed by atoms with Gasteiger partial charge in [0, 0.05) is 0 Å². The van der Waals surface area contributed by atoms with Crippen molar-refractivity contribution in [2.75, 3.05) is 0 Å². The molecule has 0 bridgehead atoms. The molecule has 0 fully saturated rings. The van der Waals surface area contributed by atoms with Crippen molar-refractivity contribution in [2.45, 2.75) is 13.3 Å². The Hall–Kier alpha value is -0.860. The highest BCUT2D eigenvalue weighted by Gasteiger charge is 2.22. The van der Waals surface area contributed by atoms with Crippen LogP contribution in [0.5, 0.6) is 0 Å². The number of halogens is 3. The lowest BCUT2D eigenvalue weighted by Crippen LogP contribution is -2.01. The second kappa shape index (κ2) is 4.11. The van der Waals surface area contributed by atoms with E-state index in [4.69, 9.17) is 0 Å². The van der Waals surface area contributed by atoms with E-state index < -0.39 is 11.3 Å². The van der Waals surface area contributed by atoms with E-state index in [-0.39, 0.29) is 20.5 Å². The summed E-state index contributed by atoms with van der Waals surface area (Å²) in [5.74, 6) is -0.382. The van der Waals surface area contributed by atoms with E-state index in [9.17, 15) is 18.9 Å². The van der Waals surface area contributed by atoms with Gasteiger partial charge in [-0.25, -0.2) is 8.78 Å². The lowest BCUT2D eigenvalue weighted by molar-refractivity contribution is -0.390. The molecule has 0 aliphatic rings. The second-order valence-electron chi connectivity index (χ2n) is 2.53. The Bertz CT molecular complexity index is 384. The van der Waals surface area contributed by atoms with Gasteiger partial charge in [0.2, 0.25) is 0 Å². The highest BCUT2D eigenvalue weighted by atomic mass is 127. The molecule has 14 heavy (non-hydrogen) atoms. The molecule has 4 nitrogen and oxygen atoms in total. The normalized spacial score (nSPS) is 10.6. The molecule has 7 heteroatoms. The molecule has 0 aromatic carbocycles. The Morgan fingerprint density at radius 3 is 2.64 bits per heavy atom. The van der Waals surface area contributed by atoms with Crippen molar-refractivity contribution in [3.63, 3.8) is 0 Å². The molecule has 1 aromatic rings. The molecular formula is C7H5F2IN2O2. The van der Waals surface area contributed by atoms with Crippen LogP contribution in [0.15, 0.2) is 6.20 Å². The largest absolute Gasteiger partial charge is 0.377 e. The van der Waals surface area contributed by atoms with Gasteiger partial charge in [-0.2, -0.15) is 0 Å². The Morgan fingerprint density at radius 1 is 1.64 bits per heavy atom. The first-order valence-electron chi connectivity index (χ1n) is 3.52. The van der Waals surface area contributed by atoms with Crippen LogP contribution in [0.1, 0.15) is 17.6 Å². The van der Waals surface area contributed by atoms with Crippen LogP contribution in [-0.4, -0.2) is 9.91 Å². The van der Waals surface area contributed by atoms with Crippen molar-refractivity contribution in [2.24, 2.45) is 0 Å². The van der Waals surface area contributed by atoms with Gasteiger partial charge in [-0.05, 0) is 45.0 Å². The molecule has 0 aliphatic heterocycles. The first-order valence-corrected chi connectivity index (χ1v) is 4.60. The summed E-state index contributed by atoms with van der Waals surface area (Å²) in [6.45, 7) is 1.41. The minimum atomic E-state index is -2.66. The van der Waals surface area contributed by atoms with E-state index in [1.807, 2.05) is 0 Å². The fourth-order valence-electron chi connectivity index (χ4n) is 0.926. The van der Waals surface area contributed by atoms with E-state index in [2.05, 4.69) is 4.98 Å². The minimum absolute atomic E-state index is 0.158. The molecule has 1 aromatic heterocycles. The molecule has 0 saturated heterocycles. The van der Waals surface area contributed by atoms with Gasteiger partial charge in [0.1, 0.15) is 9.77 Å². The zero-order valence-corrected chi connectivity index (χ0v) is 9.16. The number of nitrogens with zero attached hydrogens (tertiary/aromatic N) is 2. The Morgan fingerprint density at radius 2 is 2.21 bits per heavy atom. The number of nitro groups is 1. The number of hydrogen-bond donors (Lipinski definition) is 0. The number of alkyl halides is 2. The minimum Gasteiger partial charge on any atom is -0.358 e. The van der Waals surface area contributed by atoms with Crippen molar-refractivity contribution < 1.29 is 13.7 Å². The molecule has 0 spiro atoms. The van der Waals surface area contributed by atoms with Crippen LogP contribution in [0.25, 0.3) is 0 Å². The Kier molecular flexibility index (Phi) is 3.29. The molecule has 0 aliphatic carbocycles. The third-order valence-corrected chi connectivity index (χ3v) is 2.98. The predicted molar refractivity (Wildman–Crippen MR) is 53.3 cm³/mol. The van der Waals surface area contributed by atoms with Crippen molar-refractivity contribution in [3.05, 3.63) is 31.0 Å².